The van der Waals surface area contributed by atoms with Crippen molar-refractivity contribution < 1.29 is 14.4 Å². The first kappa shape index (κ1) is 23.1. The van der Waals surface area contributed by atoms with Crippen LogP contribution in [-0.2, 0) is 4.79 Å². The number of thiazole rings is 1. The lowest BCUT2D eigenvalue weighted by atomic mass is 9.93. The normalized spacial score (nSPS) is 16.0. The first-order valence-corrected chi connectivity index (χ1v) is 12.6. The first-order chi connectivity index (χ1) is 17.0. The largest absolute Gasteiger partial charge is 0.334 e. The highest BCUT2D eigenvalue weighted by Crippen LogP contribution is 2.32. The van der Waals surface area contributed by atoms with E-state index in [0.717, 1.165) is 16.0 Å². The third-order valence-electron chi connectivity index (χ3n) is 6.41. The van der Waals surface area contributed by atoms with Crippen LogP contribution >= 0.6 is 11.3 Å². The van der Waals surface area contributed by atoms with E-state index < -0.39 is 0 Å². The number of benzene rings is 2. The first-order valence-electron chi connectivity index (χ1n) is 11.7. The molecule has 0 aliphatic carbocycles. The summed E-state index contributed by atoms with van der Waals surface area (Å²) in [4.78, 5) is 50.5. The van der Waals surface area contributed by atoms with Crippen LogP contribution in [-0.4, -0.2) is 44.9 Å². The van der Waals surface area contributed by atoms with Crippen molar-refractivity contribution in [2.45, 2.75) is 38.6 Å². The molecule has 1 atom stereocenters. The molecule has 4 aromatic rings. The molecule has 7 heteroatoms. The summed E-state index contributed by atoms with van der Waals surface area (Å²) >= 11 is 1.37. The Morgan fingerprint density at radius 2 is 1.86 bits per heavy atom. The Morgan fingerprint density at radius 1 is 1.06 bits per heavy atom. The van der Waals surface area contributed by atoms with E-state index in [1.165, 1.54) is 11.3 Å². The number of aryl methyl sites for hydroxylation is 1. The van der Waals surface area contributed by atoms with Crippen molar-refractivity contribution in [1.82, 2.24) is 14.9 Å². The van der Waals surface area contributed by atoms with Crippen molar-refractivity contribution in [2.24, 2.45) is 0 Å². The summed E-state index contributed by atoms with van der Waals surface area (Å²) in [6, 6.07) is 18.7. The summed E-state index contributed by atoms with van der Waals surface area (Å²) in [7, 11) is 0. The summed E-state index contributed by atoms with van der Waals surface area (Å²) in [5, 5.41) is 1.73. The lowest BCUT2D eigenvalue weighted by molar-refractivity contribution is -0.122. The Morgan fingerprint density at radius 3 is 2.69 bits per heavy atom. The maximum absolute atomic E-state index is 13.7. The number of ketones is 2. The second-order valence-electron chi connectivity index (χ2n) is 8.76. The molecule has 1 saturated heterocycles. The van der Waals surface area contributed by atoms with E-state index in [2.05, 4.69) is 9.97 Å². The highest BCUT2D eigenvalue weighted by atomic mass is 32.1. The van der Waals surface area contributed by atoms with Crippen molar-refractivity contribution in [3.63, 3.8) is 0 Å². The maximum Gasteiger partial charge on any atom is 0.266 e. The molecule has 3 heterocycles. The van der Waals surface area contributed by atoms with Gasteiger partial charge in [0.05, 0.1) is 16.2 Å². The summed E-state index contributed by atoms with van der Waals surface area (Å²) in [6.45, 7) is 2.25. The molecule has 5 rings (SSSR count). The van der Waals surface area contributed by atoms with Crippen molar-refractivity contribution in [3.8, 4) is 11.3 Å². The standard InChI is InChI=1S/C28H25N3O3S/c1-18-30-26(20-7-3-2-4-8-20)27(35-18)28(34)31-16-14-22(32)17-21(31)12-13-24(33)23-11-5-9-19-10-6-15-29-25(19)23/h2-11,15,21H,12-14,16-17H2,1H3. The van der Waals surface area contributed by atoms with Gasteiger partial charge in [0, 0.05) is 54.6 Å². The Labute approximate surface area is 207 Å². The number of Topliss-reactive ketones (excluding diaryl/α,β-unsaturated/α-hetero) is 2. The van der Waals surface area contributed by atoms with Crippen LogP contribution in [0, 0.1) is 6.92 Å². The molecule has 1 amide bonds. The van der Waals surface area contributed by atoms with E-state index in [9.17, 15) is 14.4 Å². The molecule has 1 unspecified atom stereocenters. The summed E-state index contributed by atoms with van der Waals surface area (Å²) in [6.07, 6.45) is 2.95. The summed E-state index contributed by atoms with van der Waals surface area (Å²) in [5.41, 5.74) is 2.82. The van der Waals surface area contributed by atoms with Crippen LogP contribution in [0.4, 0.5) is 0 Å². The van der Waals surface area contributed by atoms with Gasteiger partial charge < -0.3 is 4.90 Å². The lowest BCUT2D eigenvalue weighted by Crippen LogP contribution is -2.46. The predicted molar refractivity (Wildman–Crippen MR) is 137 cm³/mol. The van der Waals surface area contributed by atoms with Crippen molar-refractivity contribution in [3.05, 3.63) is 82.3 Å². The zero-order valence-electron chi connectivity index (χ0n) is 19.4. The zero-order valence-corrected chi connectivity index (χ0v) is 20.3. The fourth-order valence-corrected chi connectivity index (χ4v) is 5.58. The minimum Gasteiger partial charge on any atom is -0.334 e. The van der Waals surface area contributed by atoms with Crippen LogP contribution in [0.15, 0.2) is 66.9 Å². The molecule has 35 heavy (non-hydrogen) atoms. The minimum atomic E-state index is -0.318. The average molecular weight is 484 g/mol. The molecule has 176 valence electrons. The number of para-hydroxylation sites is 1. The van der Waals surface area contributed by atoms with E-state index in [0.29, 0.717) is 41.0 Å². The zero-order chi connectivity index (χ0) is 24.4. The third kappa shape index (κ3) is 4.77. The number of aromatic nitrogens is 2. The van der Waals surface area contributed by atoms with Gasteiger partial charge in [-0.15, -0.1) is 11.3 Å². The van der Waals surface area contributed by atoms with Crippen LogP contribution in [0.3, 0.4) is 0 Å². The molecule has 2 aromatic carbocycles. The molecule has 0 spiro atoms. The van der Waals surface area contributed by atoms with Gasteiger partial charge in [0.15, 0.2) is 5.78 Å². The monoisotopic (exact) mass is 483 g/mol. The quantitative estimate of drug-likeness (QED) is 0.338. The Hall–Kier alpha value is -3.71. The predicted octanol–water partition coefficient (Wildman–Crippen LogP) is 5.50. The van der Waals surface area contributed by atoms with Crippen LogP contribution < -0.4 is 0 Å². The fraction of sp³-hybridized carbons (Fsp3) is 0.250. The van der Waals surface area contributed by atoms with Gasteiger partial charge in [0.1, 0.15) is 10.7 Å². The number of amides is 1. The highest BCUT2D eigenvalue weighted by Gasteiger charge is 2.33. The number of carbonyl (C=O) groups is 3. The van der Waals surface area contributed by atoms with Gasteiger partial charge in [0.25, 0.3) is 5.91 Å². The summed E-state index contributed by atoms with van der Waals surface area (Å²) < 4.78 is 0. The van der Waals surface area contributed by atoms with Crippen molar-refractivity contribution in [2.75, 3.05) is 6.54 Å². The number of hydrogen-bond acceptors (Lipinski definition) is 6. The Kier molecular flexibility index (Phi) is 6.51. The Bertz CT molecular complexity index is 1410. The van der Waals surface area contributed by atoms with E-state index in [-0.39, 0.29) is 36.4 Å². The van der Waals surface area contributed by atoms with E-state index in [4.69, 9.17) is 0 Å². The number of rotatable bonds is 6. The van der Waals surface area contributed by atoms with Gasteiger partial charge in [-0.2, -0.15) is 0 Å². The van der Waals surface area contributed by atoms with Crippen LogP contribution in [0.25, 0.3) is 22.2 Å². The lowest BCUT2D eigenvalue weighted by Gasteiger charge is -2.35. The topological polar surface area (TPSA) is 80.2 Å². The summed E-state index contributed by atoms with van der Waals surface area (Å²) in [5.74, 6) is -0.0216. The van der Waals surface area contributed by atoms with Crippen LogP contribution in [0.1, 0.15) is 50.7 Å². The molecule has 0 radical (unpaired) electrons. The molecule has 0 bridgehead atoms. The number of nitrogens with zero attached hydrogens (tertiary/aromatic N) is 3. The second kappa shape index (κ2) is 9.88. The molecule has 2 aromatic heterocycles. The van der Waals surface area contributed by atoms with Crippen LogP contribution in [0.2, 0.25) is 0 Å². The smallest absolute Gasteiger partial charge is 0.266 e. The van der Waals surface area contributed by atoms with E-state index >= 15 is 0 Å². The van der Waals surface area contributed by atoms with Gasteiger partial charge in [0.2, 0.25) is 0 Å². The molecule has 1 aliphatic rings. The molecular weight excluding hydrogens is 458 g/mol. The van der Waals surface area contributed by atoms with Gasteiger partial charge in [-0.1, -0.05) is 48.5 Å². The number of pyridine rings is 1. The highest BCUT2D eigenvalue weighted by molar-refractivity contribution is 7.14. The number of fused-ring (bicyclic) bond motifs is 1. The van der Waals surface area contributed by atoms with Gasteiger partial charge in [-0.3, -0.25) is 19.4 Å². The minimum absolute atomic E-state index is 0.0293. The molecule has 0 N–H and O–H groups in total. The number of piperidine rings is 1. The van der Waals surface area contributed by atoms with Crippen molar-refractivity contribution in [1.29, 1.82) is 0 Å². The fourth-order valence-electron chi connectivity index (χ4n) is 4.68. The molecule has 1 aliphatic heterocycles. The van der Waals surface area contributed by atoms with Gasteiger partial charge >= 0.3 is 0 Å². The molecule has 1 fully saturated rings. The Balaban J connectivity index is 1.38. The van der Waals surface area contributed by atoms with Gasteiger partial charge in [-0.05, 0) is 25.5 Å². The number of likely N-dealkylation sites (tertiary alicyclic amines) is 1. The second-order valence-corrected chi connectivity index (χ2v) is 9.97. The molecule has 0 saturated carbocycles. The average Bonchev–Trinajstić information content (AvgIpc) is 3.28. The number of hydrogen-bond donors (Lipinski definition) is 0. The molecule has 6 nitrogen and oxygen atoms in total. The van der Waals surface area contributed by atoms with Crippen LogP contribution in [0.5, 0.6) is 0 Å². The SMILES string of the molecule is Cc1nc(-c2ccccc2)c(C(=O)N2CCC(=O)CC2CCC(=O)c2cccc3cccnc23)s1. The third-order valence-corrected chi connectivity index (χ3v) is 7.37. The maximum atomic E-state index is 13.7. The van der Waals surface area contributed by atoms with Gasteiger partial charge in [-0.25, -0.2) is 4.98 Å². The number of carbonyl (C=O) groups excluding carboxylic acids is 3. The van der Waals surface area contributed by atoms with Crippen molar-refractivity contribution >= 4 is 39.7 Å². The van der Waals surface area contributed by atoms with E-state index in [1.807, 2.05) is 61.5 Å². The molecular formula is C28H25N3O3S. The van der Waals surface area contributed by atoms with E-state index in [1.54, 1.807) is 17.2 Å².